The summed E-state index contributed by atoms with van der Waals surface area (Å²) in [6.45, 7) is 0.207. The molecule has 7 nitrogen and oxygen atoms in total. The minimum atomic E-state index is -4.75. The number of piperidine rings is 1. The molecule has 36 heavy (non-hydrogen) atoms. The number of carbonyl (C=O) groups is 1. The zero-order valence-electron chi connectivity index (χ0n) is 18.6. The molecule has 0 bridgehead atoms. The normalized spacial score (nSPS) is 15.5. The molecule has 1 aliphatic rings. The van der Waals surface area contributed by atoms with Crippen LogP contribution in [0.15, 0.2) is 70.5 Å². The number of likely N-dealkylation sites (tertiary alicyclic amines) is 1. The summed E-state index contributed by atoms with van der Waals surface area (Å²) in [4.78, 5) is 18.8. The summed E-state index contributed by atoms with van der Waals surface area (Å²) in [5.74, 6) is -0.655. The van der Waals surface area contributed by atoms with Crippen molar-refractivity contribution in [2.45, 2.75) is 29.2 Å². The number of alkyl halides is 3. The first-order valence-corrected chi connectivity index (χ1v) is 12.9. The van der Waals surface area contributed by atoms with E-state index in [1.54, 1.807) is 18.2 Å². The average Bonchev–Trinajstić information content (AvgIpc) is 3.52. The molecule has 0 N–H and O–H groups in total. The molecule has 0 spiro atoms. The van der Waals surface area contributed by atoms with Crippen molar-refractivity contribution >= 4 is 33.0 Å². The first-order valence-electron chi connectivity index (χ1n) is 11.0. The van der Waals surface area contributed by atoms with Gasteiger partial charge in [0.15, 0.2) is 21.2 Å². The highest BCUT2D eigenvalue weighted by atomic mass is 35.5. The number of halogens is 4. The van der Waals surface area contributed by atoms with Crippen molar-refractivity contribution < 1.29 is 30.8 Å². The zero-order valence-corrected chi connectivity index (χ0v) is 20.1. The van der Waals surface area contributed by atoms with Crippen LogP contribution in [-0.4, -0.2) is 46.9 Å². The highest BCUT2D eigenvalue weighted by Crippen LogP contribution is 2.37. The summed E-state index contributed by atoms with van der Waals surface area (Å²) >= 11 is 6.37. The molecule has 1 aliphatic heterocycles. The number of hydrogen-bond donors (Lipinski definition) is 0. The molecule has 1 fully saturated rings. The van der Waals surface area contributed by atoms with Gasteiger partial charge < -0.3 is 9.32 Å². The molecular weight excluding hydrogens is 519 g/mol. The van der Waals surface area contributed by atoms with Crippen molar-refractivity contribution in [2.24, 2.45) is 0 Å². The lowest BCUT2D eigenvalue weighted by molar-refractivity contribution is -0.136. The van der Waals surface area contributed by atoms with Crippen LogP contribution in [0.2, 0.25) is 5.15 Å². The fraction of sp³-hybridized carbons (Fsp3) is 0.250. The summed E-state index contributed by atoms with van der Waals surface area (Å²) < 4.78 is 73.4. The molecule has 188 valence electrons. The van der Waals surface area contributed by atoms with Crippen molar-refractivity contribution in [1.82, 2.24) is 14.3 Å². The molecular formula is C24H19ClF3N3O4S. The Labute approximate surface area is 209 Å². The van der Waals surface area contributed by atoms with Gasteiger partial charge in [0.2, 0.25) is 0 Å². The quantitative estimate of drug-likeness (QED) is 0.350. The molecule has 4 heterocycles. The number of fused-ring (bicyclic) bond motifs is 1. The fourth-order valence-electron chi connectivity index (χ4n) is 4.37. The van der Waals surface area contributed by atoms with E-state index < -0.39 is 38.4 Å². The Bertz CT molecular complexity index is 1530. The molecule has 12 heteroatoms. The van der Waals surface area contributed by atoms with Gasteiger partial charge in [-0.15, -0.1) is 0 Å². The number of rotatable bonds is 4. The second kappa shape index (κ2) is 8.97. The van der Waals surface area contributed by atoms with Crippen LogP contribution in [0.5, 0.6) is 0 Å². The lowest BCUT2D eigenvalue weighted by atomic mass is 10.1. The largest absolute Gasteiger partial charge is 0.472 e. The van der Waals surface area contributed by atoms with E-state index in [9.17, 15) is 26.4 Å². The molecule has 0 radical (unpaired) electrons. The highest BCUT2D eigenvalue weighted by Gasteiger charge is 2.38. The number of carbonyl (C=O) groups excluding carboxylic acids is 1. The van der Waals surface area contributed by atoms with Crippen LogP contribution in [0.25, 0.3) is 16.8 Å². The van der Waals surface area contributed by atoms with Crippen molar-refractivity contribution in [3.63, 3.8) is 0 Å². The molecule has 3 aromatic heterocycles. The molecule has 0 saturated carbocycles. The monoisotopic (exact) mass is 537 g/mol. The SMILES string of the molecule is O=C(c1nc2c(C(F)(F)F)cc(-c3ccoc3)cn2c1Cl)N1CCC(S(=O)(=O)c2ccccc2)CC1. The molecule has 0 unspecified atom stereocenters. The van der Waals surface area contributed by atoms with Crippen LogP contribution < -0.4 is 0 Å². The van der Waals surface area contributed by atoms with Crippen LogP contribution in [0, 0.1) is 0 Å². The van der Waals surface area contributed by atoms with E-state index in [2.05, 4.69) is 4.98 Å². The standard InChI is InChI=1S/C24H19ClF3N3O4S/c25-21-20(23(32)30-9-6-18(7-10-30)36(33,34)17-4-2-1-3-5-17)29-22-19(24(26,27)28)12-16(13-31(21)22)15-8-11-35-14-15/h1-5,8,11-14,18H,6-7,9-10H2. The van der Waals surface area contributed by atoms with Gasteiger partial charge in [0.25, 0.3) is 5.91 Å². The van der Waals surface area contributed by atoms with Gasteiger partial charge >= 0.3 is 6.18 Å². The fourth-order valence-corrected chi connectivity index (χ4v) is 6.37. The van der Waals surface area contributed by atoms with Crippen LogP contribution >= 0.6 is 11.6 Å². The third-order valence-corrected chi connectivity index (χ3v) is 8.90. The zero-order chi connectivity index (χ0) is 25.7. The lowest BCUT2D eigenvalue weighted by Crippen LogP contribution is -2.42. The molecule has 0 atom stereocenters. The number of nitrogens with zero attached hydrogens (tertiary/aromatic N) is 3. The second-order valence-electron chi connectivity index (χ2n) is 8.45. The number of aromatic nitrogens is 2. The lowest BCUT2D eigenvalue weighted by Gasteiger charge is -2.31. The van der Waals surface area contributed by atoms with Gasteiger partial charge in [0.05, 0.1) is 28.2 Å². The number of pyridine rings is 1. The van der Waals surface area contributed by atoms with Crippen molar-refractivity contribution in [3.05, 3.63) is 77.6 Å². The number of imidazole rings is 1. The Hall–Kier alpha value is -3.31. The molecule has 1 saturated heterocycles. The van der Waals surface area contributed by atoms with Gasteiger partial charge in [0.1, 0.15) is 5.15 Å². The molecule has 1 aromatic carbocycles. The maximum atomic E-state index is 13.9. The second-order valence-corrected chi connectivity index (χ2v) is 11.0. The van der Waals surface area contributed by atoms with Gasteiger partial charge in [-0.25, -0.2) is 13.4 Å². The van der Waals surface area contributed by atoms with E-state index in [4.69, 9.17) is 16.0 Å². The Morgan fingerprint density at radius 2 is 1.78 bits per heavy atom. The van der Waals surface area contributed by atoms with Gasteiger partial charge in [-0.2, -0.15) is 13.2 Å². The van der Waals surface area contributed by atoms with Crippen molar-refractivity contribution in [3.8, 4) is 11.1 Å². The minimum absolute atomic E-state index is 0.103. The van der Waals surface area contributed by atoms with Crippen molar-refractivity contribution in [2.75, 3.05) is 13.1 Å². The third-order valence-electron chi connectivity index (χ3n) is 6.26. The Morgan fingerprint density at radius 3 is 2.39 bits per heavy atom. The Balaban J connectivity index is 1.44. The summed E-state index contributed by atoms with van der Waals surface area (Å²) in [5, 5.41) is -0.931. The highest BCUT2D eigenvalue weighted by molar-refractivity contribution is 7.92. The van der Waals surface area contributed by atoms with Crippen LogP contribution in [-0.2, 0) is 16.0 Å². The van der Waals surface area contributed by atoms with E-state index >= 15 is 0 Å². The van der Waals surface area contributed by atoms with E-state index in [0.29, 0.717) is 5.56 Å². The van der Waals surface area contributed by atoms with Gasteiger partial charge in [-0.3, -0.25) is 9.20 Å². The summed E-state index contributed by atoms with van der Waals surface area (Å²) in [6.07, 6.45) is -0.385. The predicted molar refractivity (Wildman–Crippen MR) is 125 cm³/mol. The van der Waals surface area contributed by atoms with Crippen molar-refractivity contribution in [1.29, 1.82) is 0 Å². The molecule has 4 aromatic rings. The number of amides is 1. The summed E-state index contributed by atoms with van der Waals surface area (Å²) in [7, 11) is -3.57. The maximum absolute atomic E-state index is 13.9. The van der Waals surface area contributed by atoms with E-state index in [-0.39, 0.29) is 47.2 Å². The van der Waals surface area contributed by atoms with Gasteiger partial charge in [0, 0.05) is 30.4 Å². The topological polar surface area (TPSA) is 84.9 Å². The van der Waals surface area contributed by atoms with Gasteiger partial charge in [-0.05, 0) is 37.1 Å². The smallest absolute Gasteiger partial charge is 0.420 e. The number of furan rings is 1. The number of sulfone groups is 1. The number of hydrogen-bond acceptors (Lipinski definition) is 5. The minimum Gasteiger partial charge on any atom is -0.472 e. The Kier molecular flexibility index (Phi) is 6.08. The first kappa shape index (κ1) is 24.4. The molecule has 5 rings (SSSR count). The average molecular weight is 538 g/mol. The Morgan fingerprint density at radius 1 is 1.08 bits per heavy atom. The summed E-state index contributed by atoms with van der Waals surface area (Å²) in [5.41, 5.74) is -1.27. The van der Waals surface area contributed by atoms with Crippen LogP contribution in [0.4, 0.5) is 13.2 Å². The molecule has 1 amide bonds. The van der Waals surface area contributed by atoms with Gasteiger partial charge in [-0.1, -0.05) is 29.8 Å². The molecule has 0 aliphatic carbocycles. The predicted octanol–water partition coefficient (Wildman–Crippen LogP) is 5.35. The van der Waals surface area contributed by atoms with E-state index in [0.717, 1.165) is 10.5 Å². The van der Waals surface area contributed by atoms with Crippen LogP contribution in [0.1, 0.15) is 28.9 Å². The number of benzene rings is 1. The maximum Gasteiger partial charge on any atom is 0.420 e. The summed E-state index contributed by atoms with van der Waals surface area (Å²) in [6, 6.07) is 10.5. The first-order chi connectivity index (χ1) is 17.1. The van der Waals surface area contributed by atoms with E-state index in [1.807, 2.05) is 0 Å². The third kappa shape index (κ3) is 4.26. The van der Waals surface area contributed by atoms with E-state index in [1.165, 1.54) is 41.8 Å². The van der Waals surface area contributed by atoms with Crippen LogP contribution in [0.3, 0.4) is 0 Å².